The zero-order valence-electron chi connectivity index (χ0n) is 15.2. The smallest absolute Gasteiger partial charge is 0.410 e. The van der Waals surface area contributed by atoms with Gasteiger partial charge in [-0.05, 0) is 52.2 Å². The van der Waals surface area contributed by atoms with Crippen LogP contribution in [0.5, 0.6) is 0 Å². The Morgan fingerprint density at radius 3 is 2.92 bits per heavy atom. The van der Waals surface area contributed by atoms with E-state index in [1.807, 2.05) is 26.8 Å². The molecule has 1 amide bonds. The number of nitriles is 1. The van der Waals surface area contributed by atoms with E-state index in [-0.39, 0.29) is 12.1 Å². The number of nitrogens with zero attached hydrogens (tertiary/aromatic N) is 4. The third kappa shape index (κ3) is 4.02. The fourth-order valence-corrected chi connectivity index (χ4v) is 2.94. The first-order chi connectivity index (χ1) is 12.4. The Morgan fingerprint density at radius 2 is 2.19 bits per heavy atom. The summed E-state index contributed by atoms with van der Waals surface area (Å²) in [5, 5.41) is 13.1. The second-order valence-corrected chi connectivity index (χ2v) is 7.33. The largest absolute Gasteiger partial charge is 0.444 e. The predicted molar refractivity (Wildman–Crippen MR) is 94.0 cm³/mol. The molecule has 0 N–H and O–H groups in total. The van der Waals surface area contributed by atoms with Crippen molar-refractivity contribution in [2.24, 2.45) is 0 Å². The van der Waals surface area contributed by atoms with Gasteiger partial charge in [0.05, 0.1) is 11.6 Å². The van der Waals surface area contributed by atoms with Gasteiger partial charge in [0.15, 0.2) is 0 Å². The Kier molecular flexibility index (Phi) is 4.94. The van der Waals surface area contributed by atoms with Crippen LogP contribution in [0.3, 0.4) is 0 Å². The van der Waals surface area contributed by atoms with Crippen LogP contribution in [0.2, 0.25) is 0 Å². The molecule has 1 saturated heterocycles. The van der Waals surface area contributed by atoms with Gasteiger partial charge in [-0.25, -0.2) is 4.79 Å². The highest BCUT2D eigenvalue weighted by Crippen LogP contribution is 2.32. The van der Waals surface area contributed by atoms with Crippen LogP contribution in [0, 0.1) is 11.3 Å². The Bertz CT molecular complexity index is 832. The predicted octanol–water partition coefficient (Wildman–Crippen LogP) is 4.07. The number of carbonyl (C=O) groups excluding carboxylic acids is 1. The summed E-state index contributed by atoms with van der Waals surface area (Å²) in [4.78, 5) is 18.7. The highest BCUT2D eigenvalue weighted by Gasteiger charge is 2.34. The van der Waals surface area contributed by atoms with E-state index in [4.69, 9.17) is 14.5 Å². The summed E-state index contributed by atoms with van der Waals surface area (Å²) < 4.78 is 11.0. The van der Waals surface area contributed by atoms with Crippen molar-refractivity contribution in [3.8, 4) is 17.5 Å². The van der Waals surface area contributed by atoms with E-state index in [0.29, 0.717) is 29.4 Å². The average molecular weight is 354 g/mol. The van der Waals surface area contributed by atoms with Gasteiger partial charge in [-0.1, -0.05) is 17.3 Å². The number of piperidine rings is 1. The summed E-state index contributed by atoms with van der Waals surface area (Å²) in [6.07, 6.45) is 2.28. The molecule has 0 unspecified atom stereocenters. The zero-order chi connectivity index (χ0) is 18.7. The van der Waals surface area contributed by atoms with E-state index in [0.717, 1.165) is 19.3 Å². The highest BCUT2D eigenvalue weighted by atomic mass is 16.6. The van der Waals surface area contributed by atoms with E-state index < -0.39 is 5.60 Å². The maximum absolute atomic E-state index is 12.5. The highest BCUT2D eigenvalue weighted by molar-refractivity contribution is 5.69. The summed E-state index contributed by atoms with van der Waals surface area (Å²) in [5.41, 5.74) is 0.678. The van der Waals surface area contributed by atoms with Crippen LogP contribution in [0.4, 0.5) is 4.79 Å². The van der Waals surface area contributed by atoms with Gasteiger partial charge in [0.25, 0.3) is 0 Å². The summed E-state index contributed by atoms with van der Waals surface area (Å²) in [7, 11) is 0. The normalized spacial score (nSPS) is 17.6. The number of aromatic nitrogens is 2. The average Bonchev–Trinajstić information content (AvgIpc) is 3.10. The van der Waals surface area contributed by atoms with Crippen molar-refractivity contribution >= 4 is 6.09 Å². The number of hydrogen-bond acceptors (Lipinski definition) is 6. The molecule has 7 nitrogen and oxygen atoms in total. The van der Waals surface area contributed by atoms with Crippen molar-refractivity contribution in [3.05, 3.63) is 35.7 Å². The lowest BCUT2D eigenvalue weighted by Gasteiger charge is -2.34. The second kappa shape index (κ2) is 7.16. The van der Waals surface area contributed by atoms with Gasteiger partial charge in [0, 0.05) is 12.1 Å². The molecule has 1 aliphatic heterocycles. The van der Waals surface area contributed by atoms with Crippen LogP contribution in [-0.2, 0) is 4.74 Å². The summed E-state index contributed by atoms with van der Waals surface area (Å²) in [6.45, 7) is 6.13. The Hall–Kier alpha value is -2.88. The number of hydrogen-bond donors (Lipinski definition) is 0. The van der Waals surface area contributed by atoms with Crippen LogP contribution in [0.1, 0.15) is 57.5 Å². The van der Waals surface area contributed by atoms with Crippen molar-refractivity contribution in [1.29, 1.82) is 5.26 Å². The fourth-order valence-electron chi connectivity index (χ4n) is 2.94. The van der Waals surface area contributed by atoms with Crippen LogP contribution in [0.15, 0.2) is 28.8 Å². The molecular weight excluding hydrogens is 332 g/mol. The summed E-state index contributed by atoms with van der Waals surface area (Å²) in [5.74, 6) is 0.805. The maximum Gasteiger partial charge on any atom is 0.410 e. The number of ether oxygens (including phenoxy) is 1. The lowest BCUT2D eigenvalue weighted by atomic mass is 10.0. The molecule has 0 aliphatic carbocycles. The van der Waals surface area contributed by atoms with E-state index >= 15 is 0 Å². The summed E-state index contributed by atoms with van der Waals surface area (Å²) >= 11 is 0. The molecule has 1 aliphatic rings. The van der Waals surface area contributed by atoms with Gasteiger partial charge in [-0.3, -0.25) is 4.90 Å². The third-order valence-corrected chi connectivity index (χ3v) is 4.11. The minimum absolute atomic E-state index is 0.293. The van der Waals surface area contributed by atoms with E-state index in [2.05, 4.69) is 16.2 Å². The molecule has 2 aromatic rings. The molecule has 136 valence electrons. The molecule has 3 rings (SSSR count). The maximum atomic E-state index is 12.5. The molecule has 0 saturated carbocycles. The third-order valence-electron chi connectivity index (χ3n) is 4.11. The van der Waals surface area contributed by atoms with Crippen molar-refractivity contribution < 1.29 is 14.1 Å². The molecule has 1 atom stereocenters. The molecule has 0 radical (unpaired) electrons. The lowest BCUT2D eigenvalue weighted by molar-refractivity contribution is 0.00538. The molecule has 26 heavy (non-hydrogen) atoms. The minimum Gasteiger partial charge on any atom is -0.444 e. The number of amides is 1. The second-order valence-electron chi connectivity index (χ2n) is 7.33. The zero-order valence-corrected chi connectivity index (χ0v) is 15.2. The Morgan fingerprint density at radius 1 is 1.38 bits per heavy atom. The minimum atomic E-state index is -0.559. The molecular formula is C19H22N4O3. The van der Waals surface area contributed by atoms with Gasteiger partial charge in [-0.15, -0.1) is 0 Å². The first kappa shape index (κ1) is 17.9. The standard InChI is InChI=1S/C19H22N4O3/c1-19(2,3)25-18(24)23-10-5-4-9-15(23)17-21-16(22-26-17)14-8-6-7-13(11-14)12-20/h6-8,11,15H,4-5,9-10H2,1-3H3/t15-/m1/s1. The van der Waals surface area contributed by atoms with Crippen molar-refractivity contribution in [2.75, 3.05) is 6.54 Å². The SMILES string of the molecule is CC(C)(C)OC(=O)N1CCCC[C@@H]1c1nc(-c2cccc(C#N)c2)no1. The molecule has 1 aromatic carbocycles. The molecule has 1 fully saturated rings. The Labute approximate surface area is 152 Å². The first-order valence-corrected chi connectivity index (χ1v) is 8.71. The number of rotatable bonds is 2. The van der Waals surface area contributed by atoms with E-state index in [1.54, 1.807) is 23.1 Å². The molecule has 0 bridgehead atoms. The van der Waals surface area contributed by atoms with Gasteiger partial charge in [0.2, 0.25) is 11.7 Å². The number of likely N-dealkylation sites (tertiary alicyclic amines) is 1. The van der Waals surface area contributed by atoms with Gasteiger partial charge < -0.3 is 9.26 Å². The lowest BCUT2D eigenvalue weighted by Crippen LogP contribution is -2.42. The van der Waals surface area contributed by atoms with E-state index in [1.165, 1.54) is 0 Å². The van der Waals surface area contributed by atoms with Crippen molar-refractivity contribution in [1.82, 2.24) is 15.0 Å². The Balaban J connectivity index is 1.84. The van der Waals surface area contributed by atoms with Crippen LogP contribution < -0.4 is 0 Å². The first-order valence-electron chi connectivity index (χ1n) is 8.71. The fraction of sp³-hybridized carbons (Fsp3) is 0.474. The van der Waals surface area contributed by atoms with Crippen LogP contribution >= 0.6 is 0 Å². The monoisotopic (exact) mass is 354 g/mol. The van der Waals surface area contributed by atoms with Crippen LogP contribution in [-0.4, -0.2) is 33.3 Å². The van der Waals surface area contributed by atoms with Gasteiger partial charge in [-0.2, -0.15) is 10.2 Å². The number of carbonyl (C=O) groups is 1. The molecule has 7 heteroatoms. The van der Waals surface area contributed by atoms with Crippen LogP contribution in [0.25, 0.3) is 11.4 Å². The van der Waals surface area contributed by atoms with Crippen molar-refractivity contribution in [2.45, 2.75) is 51.7 Å². The van der Waals surface area contributed by atoms with Gasteiger partial charge in [0.1, 0.15) is 11.6 Å². The number of benzene rings is 1. The van der Waals surface area contributed by atoms with Gasteiger partial charge >= 0.3 is 6.09 Å². The quantitative estimate of drug-likeness (QED) is 0.807. The topological polar surface area (TPSA) is 92.2 Å². The van der Waals surface area contributed by atoms with Crippen molar-refractivity contribution in [3.63, 3.8) is 0 Å². The molecule has 2 heterocycles. The summed E-state index contributed by atoms with van der Waals surface area (Å²) in [6, 6.07) is 8.83. The molecule has 1 aromatic heterocycles. The van der Waals surface area contributed by atoms with E-state index in [9.17, 15) is 4.79 Å². The molecule has 0 spiro atoms.